The number of hydrogen-bond acceptors (Lipinski definition) is 2. The van der Waals surface area contributed by atoms with Crippen LogP contribution < -0.4 is 0 Å². The first kappa shape index (κ1) is 12.0. The van der Waals surface area contributed by atoms with Crippen molar-refractivity contribution in [1.82, 2.24) is 9.80 Å². The van der Waals surface area contributed by atoms with Gasteiger partial charge in [0.1, 0.15) is 0 Å². The topological polar surface area (TPSA) is 23.6 Å². The van der Waals surface area contributed by atoms with Crippen molar-refractivity contribution in [3.8, 4) is 0 Å². The second-order valence-electron chi connectivity index (χ2n) is 5.22. The minimum atomic E-state index is 0.0765. The summed E-state index contributed by atoms with van der Waals surface area (Å²) in [6.07, 6.45) is 5.10. The van der Waals surface area contributed by atoms with Crippen LogP contribution in [0.3, 0.4) is 0 Å². The first-order valence-electron chi connectivity index (χ1n) is 6.64. The Morgan fingerprint density at radius 2 is 2.05 bits per heavy atom. The van der Waals surface area contributed by atoms with E-state index in [1.54, 1.807) is 19.0 Å². The van der Waals surface area contributed by atoms with Crippen molar-refractivity contribution in [2.75, 3.05) is 27.2 Å². The maximum Gasteiger partial charge on any atom is 0.255 e. The first-order valence-corrected chi connectivity index (χ1v) is 6.64. The molecular formula is C16H18N2O. The standard InChI is InChI=1S/C16H18N2O/c1-17(2)16(19)14-8-5-10-18-11-9-12-6-3-4-7-13(12)15(14)18/h3-8H,9-11H2,1-2H3. The zero-order valence-corrected chi connectivity index (χ0v) is 11.4. The van der Waals surface area contributed by atoms with Gasteiger partial charge in [0.25, 0.3) is 5.91 Å². The van der Waals surface area contributed by atoms with Gasteiger partial charge in [-0.1, -0.05) is 30.3 Å². The normalized spacial score (nSPS) is 17.1. The lowest BCUT2D eigenvalue weighted by Gasteiger charge is -2.36. The summed E-state index contributed by atoms with van der Waals surface area (Å²) in [4.78, 5) is 16.3. The molecule has 3 nitrogen and oxygen atoms in total. The summed E-state index contributed by atoms with van der Waals surface area (Å²) in [5.41, 5.74) is 4.46. The van der Waals surface area contributed by atoms with E-state index in [-0.39, 0.29) is 5.91 Å². The number of carbonyl (C=O) groups excluding carboxylic acids is 1. The summed E-state index contributed by atoms with van der Waals surface area (Å²) in [6.45, 7) is 1.88. The van der Waals surface area contributed by atoms with Crippen LogP contribution in [-0.4, -0.2) is 42.9 Å². The SMILES string of the molecule is CN(C)C(=O)C1=C2c3ccccc3CCN2CC=C1. The second kappa shape index (κ2) is 4.57. The minimum Gasteiger partial charge on any atom is -0.366 e. The fourth-order valence-corrected chi connectivity index (χ4v) is 2.80. The van der Waals surface area contributed by atoms with Crippen molar-refractivity contribution in [3.63, 3.8) is 0 Å². The molecule has 0 aliphatic carbocycles. The lowest BCUT2D eigenvalue weighted by Crippen LogP contribution is -2.35. The van der Waals surface area contributed by atoms with Crippen LogP contribution in [0.5, 0.6) is 0 Å². The molecule has 2 aliphatic heterocycles. The first-order chi connectivity index (χ1) is 9.18. The van der Waals surface area contributed by atoms with Crippen LogP contribution >= 0.6 is 0 Å². The van der Waals surface area contributed by atoms with Crippen molar-refractivity contribution < 1.29 is 4.79 Å². The molecule has 0 spiro atoms. The van der Waals surface area contributed by atoms with Crippen LogP contribution in [-0.2, 0) is 11.2 Å². The smallest absolute Gasteiger partial charge is 0.255 e. The molecule has 0 saturated carbocycles. The number of likely N-dealkylation sites (N-methyl/N-ethyl adjacent to an activating group) is 1. The number of fused-ring (bicyclic) bond motifs is 3. The molecule has 2 heterocycles. The van der Waals surface area contributed by atoms with E-state index in [1.807, 2.05) is 12.1 Å². The molecule has 3 rings (SSSR count). The van der Waals surface area contributed by atoms with Crippen LogP contribution in [0.2, 0.25) is 0 Å². The lowest BCUT2D eigenvalue weighted by molar-refractivity contribution is -0.124. The molecule has 0 bridgehead atoms. The summed E-state index contributed by atoms with van der Waals surface area (Å²) < 4.78 is 0. The predicted octanol–water partition coefficient (Wildman–Crippen LogP) is 1.91. The van der Waals surface area contributed by atoms with E-state index in [0.29, 0.717) is 0 Å². The Bertz CT molecular complexity index is 584. The van der Waals surface area contributed by atoms with E-state index >= 15 is 0 Å². The van der Waals surface area contributed by atoms with Gasteiger partial charge in [-0.25, -0.2) is 0 Å². The van der Waals surface area contributed by atoms with E-state index in [0.717, 1.165) is 30.8 Å². The average Bonchev–Trinajstić information content (AvgIpc) is 2.45. The predicted molar refractivity (Wildman–Crippen MR) is 76.5 cm³/mol. The molecule has 0 aromatic heterocycles. The van der Waals surface area contributed by atoms with Gasteiger partial charge < -0.3 is 9.80 Å². The Kier molecular flexibility index (Phi) is 2.90. The highest BCUT2D eigenvalue weighted by atomic mass is 16.2. The molecule has 1 aromatic rings. The van der Waals surface area contributed by atoms with Gasteiger partial charge in [0.05, 0.1) is 11.3 Å². The van der Waals surface area contributed by atoms with Gasteiger partial charge >= 0.3 is 0 Å². The number of nitrogens with zero attached hydrogens (tertiary/aromatic N) is 2. The van der Waals surface area contributed by atoms with Crippen LogP contribution in [0.4, 0.5) is 0 Å². The molecule has 98 valence electrons. The van der Waals surface area contributed by atoms with Gasteiger partial charge in [0.2, 0.25) is 0 Å². The molecule has 19 heavy (non-hydrogen) atoms. The van der Waals surface area contributed by atoms with Gasteiger partial charge in [-0.2, -0.15) is 0 Å². The highest BCUT2D eigenvalue weighted by Crippen LogP contribution is 2.33. The Labute approximate surface area is 113 Å². The monoisotopic (exact) mass is 254 g/mol. The zero-order chi connectivity index (χ0) is 13.4. The fraction of sp³-hybridized carbons (Fsp3) is 0.312. The summed E-state index contributed by atoms with van der Waals surface area (Å²) >= 11 is 0. The van der Waals surface area contributed by atoms with Crippen LogP contribution in [0.15, 0.2) is 42.0 Å². The maximum atomic E-state index is 12.4. The number of rotatable bonds is 1. The molecule has 0 fully saturated rings. The number of amides is 1. The van der Waals surface area contributed by atoms with Crippen molar-refractivity contribution in [2.45, 2.75) is 6.42 Å². The van der Waals surface area contributed by atoms with Crippen LogP contribution in [0, 0.1) is 0 Å². The van der Waals surface area contributed by atoms with Crippen LogP contribution in [0.25, 0.3) is 5.70 Å². The van der Waals surface area contributed by atoms with Crippen molar-refractivity contribution in [2.24, 2.45) is 0 Å². The molecule has 1 amide bonds. The lowest BCUT2D eigenvalue weighted by atomic mass is 9.91. The molecule has 2 aliphatic rings. The maximum absolute atomic E-state index is 12.4. The third-order valence-corrected chi connectivity index (χ3v) is 3.74. The molecule has 0 unspecified atom stereocenters. The van der Waals surface area contributed by atoms with Gasteiger partial charge in [-0.3, -0.25) is 4.79 Å². The van der Waals surface area contributed by atoms with Gasteiger partial charge in [0, 0.05) is 32.7 Å². The molecule has 3 heteroatoms. The Balaban J connectivity index is 2.19. The zero-order valence-electron chi connectivity index (χ0n) is 11.4. The van der Waals surface area contributed by atoms with Gasteiger partial charge in [-0.15, -0.1) is 0 Å². The number of benzene rings is 1. The highest BCUT2D eigenvalue weighted by Gasteiger charge is 2.27. The summed E-state index contributed by atoms with van der Waals surface area (Å²) in [5.74, 6) is 0.0765. The Morgan fingerprint density at radius 3 is 2.84 bits per heavy atom. The summed E-state index contributed by atoms with van der Waals surface area (Å²) in [7, 11) is 3.61. The average molecular weight is 254 g/mol. The molecule has 1 aromatic carbocycles. The molecular weight excluding hydrogens is 236 g/mol. The van der Waals surface area contributed by atoms with E-state index < -0.39 is 0 Å². The summed E-state index contributed by atoms with van der Waals surface area (Å²) in [6, 6.07) is 8.40. The van der Waals surface area contributed by atoms with Gasteiger partial charge in [-0.05, 0) is 18.1 Å². The largest absolute Gasteiger partial charge is 0.366 e. The number of hydrogen-bond donors (Lipinski definition) is 0. The third kappa shape index (κ3) is 1.95. The second-order valence-corrected chi connectivity index (χ2v) is 5.22. The molecule has 0 atom stereocenters. The molecule has 0 N–H and O–H groups in total. The summed E-state index contributed by atoms with van der Waals surface area (Å²) in [5, 5.41) is 0. The Morgan fingerprint density at radius 1 is 1.26 bits per heavy atom. The van der Waals surface area contributed by atoms with E-state index in [9.17, 15) is 4.79 Å². The third-order valence-electron chi connectivity index (χ3n) is 3.74. The van der Waals surface area contributed by atoms with E-state index in [4.69, 9.17) is 0 Å². The van der Waals surface area contributed by atoms with E-state index in [2.05, 4.69) is 29.2 Å². The van der Waals surface area contributed by atoms with E-state index in [1.165, 1.54) is 11.1 Å². The van der Waals surface area contributed by atoms with Crippen molar-refractivity contribution in [1.29, 1.82) is 0 Å². The Hall–Kier alpha value is -2.03. The minimum absolute atomic E-state index is 0.0765. The fourth-order valence-electron chi connectivity index (χ4n) is 2.80. The van der Waals surface area contributed by atoms with Crippen LogP contribution in [0.1, 0.15) is 11.1 Å². The number of carbonyl (C=O) groups is 1. The molecule has 0 saturated heterocycles. The van der Waals surface area contributed by atoms with Crippen molar-refractivity contribution in [3.05, 3.63) is 53.1 Å². The quantitative estimate of drug-likeness (QED) is 0.764. The molecule has 0 radical (unpaired) electrons. The van der Waals surface area contributed by atoms with Crippen molar-refractivity contribution >= 4 is 11.6 Å². The van der Waals surface area contributed by atoms with Gasteiger partial charge in [0.15, 0.2) is 0 Å². The highest BCUT2D eigenvalue weighted by molar-refractivity contribution is 6.04.